The van der Waals surface area contributed by atoms with Gasteiger partial charge in [-0.05, 0) is 25.2 Å². The molecule has 3 aromatic rings. The van der Waals surface area contributed by atoms with Crippen molar-refractivity contribution in [2.45, 2.75) is 6.04 Å². The first-order valence-corrected chi connectivity index (χ1v) is 6.41. The van der Waals surface area contributed by atoms with Crippen LogP contribution in [0.15, 0.2) is 46.9 Å². The van der Waals surface area contributed by atoms with Crippen LogP contribution in [0.2, 0.25) is 0 Å². The summed E-state index contributed by atoms with van der Waals surface area (Å²) in [7, 11) is 1.60. The van der Waals surface area contributed by atoms with E-state index in [0.717, 1.165) is 6.07 Å². The molecule has 2 aromatic carbocycles. The summed E-state index contributed by atoms with van der Waals surface area (Å²) in [5.74, 6) is -2.05. The zero-order valence-electron chi connectivity index (χ0n) is 11.2. The zero-order chi connectivity index (χ0) is 15.0. The number of hydrogen-bond acceptors (Lipinski definition) is 2. The summed E-state index contributed by atoms with van der Waals surface area (Å²) >= 11 is 0. The van der Waals surface area contributed by atoms with Crippen LogP contribution in [0.25, 0.3) is 11.0 Å². The van der Waals surface area contributed by atoms with Crippen molar-refractivity contribution in [3.8, 4) is 0 Å². The highest BCUT2D eigenvalue weighted by Crippen LogP contribution is 2.31. The van der Waals surface area contributed by atoms with Gasteiger partial charge in [0.15, 0.2) is 23.0 Å². The monoisotopic (exact) mass is 291 g/mol. The van der Waals surface area contributed by atoms with E-state index in [1.165, 1.54) is 18.2 Å². The third-order valence-corrected chi connectivity index (χ3v) is 3.38. The van der Waals surface area contributed by atoms with Gasteiger partial charge in [0.1, 0.15) is 5.76 Å². The summed E-state index contributed by atoms with van der Waals surface area (Å²) in [5, 5.41) is 3.43. The molecule has 0 bridgehead atoms. The van der Waals surface area contributed by atoms with Crippen LogP contribution in [0.1, 0.15) is 17.4 Å². The molecule has 2 nitrogen and oxygen atoms in total. The maximum atomic E-state index is 13.9. The second-order valence-corrected chi connectivity index (χ2v) is 4.67. The highest BCUT2D eigenvalue weighted by Gasteiger charge is 2.22. The molecule has 1 atom stereocenters. The average Bonchev–Trinajstić information content (AvgIpc) is 2.89. The molecule has 0 aliphatic heterocycles. The largest absolute Gasteiger partial charge is 0.456 e. The first-order valence-electron chi connectivity index (χ1n) is 6.41. The molecule has 0 aliphatic rings. The Morgan fingerprint density at radius 2 is 1.71 bits per heavy atom. The number of rotatable bonds is 3. The Labute approximate surface area is 119 Å². The van der Waals surface area contributed by atoms with Crippen molar-refractivity contribution in [3.63, 3.8) is 0 Å². The molecule has 0 saturated heterocycles. The summed E-state index contributed by atoms with van der Waals surface area (Å²) in [6.45, 7) is 0. The Morgan fingerprint density at radius 1 is 1.00 bits per heavy atom. The van der Waals surface area contributed by atoms with E-state index < -0.39 is 23.5 Å². The van der Waals surface area contributed by atoms with E-state index in [0.29, 0.717) is 11.1 Å². The fourth-order valence-corrected chi connectivity index (χ4v) is 2.38. The molecule has 0 fully saturated rings. The standard InChI is InChI=1S/C16H12F3NO/c1-20-15(10-5-3-6-11(17)14(10)19)13-8-9-4-2-7-12(18)16(9)21-13/h2-8,15,20H,1H3. The minimum Gasteiger partial charge on any atom is -0.456 e. The van der Waals surface area contributed by atoms with Crippen molar-refractivity contribution in [2.75, 3.05) is 7.05 Å². The first-order chi connectivity index (χ1) is 10.1. The predicted octanol–water partition coefficient (Wildman–Crippen LogP) is 4.16. The number of fused-ring (bicyclic) bond motifs is 1. The number of furan rings is 1. The number of benzene rings is 2. The van der Waals surface area contributed by atoms with E-state index in [9.17, 15) is 13.2 Å². The van der Waals surface area contributed by atoms with Crippen LogP contribution in [0, 0.1) is 17.5 Å². The van der Waals surface area contributed by atoms with E-state index >= 15 is 0 Å². The minimum atomic E-state index is -0.947. The van der Waals surface area contributed by atoms with Crippen molar-refractivity contribution < 1.29 is 17.6 Å². The fourth-order valence-electron chi connectivity index (χ4n) is 2.38. The zero-order valence-corrected chi connectivity index (χ0v) is 11.2. The van der Waals surface area contributed by atoms with Crippen molar-refractivity contribution >= 4 is 11.0 Å². The van der Waals surface area contributed by atoms with Crippen LogP contribution in [0.5, 0.6) is 0 Å². The van der Waals surface area contributed by atoms with Gasteiger partial charge in [-0.3, -0.25) is 0 Å². The summed E-state index contributed by atoms with van der Waals surface area (Å²) < 4.78 is 46.4. The average molecular weight is 291 g/mol. The molecule has 5 heteroatoms. The van der Waals surface area contributed by atoms with E-state index in [-0.39, 0.29) is 11.1 Å². The van der Waals surface area contributed by atoms with Gasteiger partial charge in [0.05, 0.1) is 6.04 Å². The second-order valence-electron chi connectivity index (χ2n) is 4.67. The van der Waals surface area contributed by atoms with Gasteiger partial charge in [0.2, 0.25) is 0 Å². The van der Waals surface area contributed by atoms with Crippen molar-refractivity contribution in [1.29, 1.82) is 0 Å². The lowest BCUT2D eigenvalue weighted by Crippen LogP contribution is -2.18. The predicted molar refractivity (Wildman–Crippen MR) is 73.4 cm³/mol. The van der Waals surface area contributed by atoms with Crippen LogP contribution >= 0.6 is 0 Å². The third-order valence-electron chi connectivity index (χ3n) is 3.38. The van der Waals surface area contributed by atoms with Gasteiger partial charge in [0, 0.05) is 10.9 Å². The molecular formula is C16H12F3NO. The Kier molecular flexibility index (Phi) is 3.43. The summed E-state index contributed by atoms with van der Waals surface area (Å²) in [4.78, 5) is 0. The highest BCUT2D eigenvalue weighted by atomic mass is 19.2. The molecule has 3 rings (SSSR count). The van der Waals surface area contributed by atoms with Gasteiger partial charge in [-0.1, -0.05) is 24.3 Å². The maximum Gasteiger partial charge on any atom is 0.169 e. The maximum absolute atomic E-state index is 13.9. The third kappa shape index (κ3) is 2.29. The van der Waals surface area contributed by atoms with Gasteiger partial charge < -0.3 is 9.73 Å². The SMILES string of the molecule is CNC(c1cc2cccc(F)c2o1)c1cccc(F)c1F. The van der Waals surface area contributed by atoms with E-state index in [1.54, 1.807) is 25.2 Å². The molecule has 0 amide bonds. The Bertz CT molecular complexity index is 797. The molecule has 0 spiro atoms. The Morgan fingerprint density at radius 3 is 2.43 bits per heavy atom. The molecule has 0 saturated carbocycles. The molecule has 1 heterocycles. The van der Waals surface area contributed by atoms with Gasteiger partial charge >= 0.3 is 0 Å². The van der Waals surface area contributed by atoms with Crippen LogP contribution in [-0.2, 0) is 0 Å². The van der Waals surface area contributed by atoms with Crippen LogP contribution in [-0.4, -0.2) is 7.05 Å². The number of nitrogens with one attached hydrogen (secondary N) is 1. The van der Waals surface area contributed by atoms with Crippen molar-refractivity contribution in [3.05, 3.63) is 71.2 Å². The molecular weight excluding hydrogens is 279 g/mol. The smallest absolute Gasteiger partial charge is 0.169 e. The summed E-state index contributed by atoms with van der Waals surface area (Å²) in [6, 6.07) is 9.38. The van der Waals surface area contributed by atoms with Gasteiger partial charge in [-0.25, -0.2) is 13.2 Å². The number of halogens is 3. The lowest BCUT2D eigenvalue weighted by Gasteiger charge is -2.15. The van der Waals surface area contributed by atoms with Crippen LogP contribution in [0.3, 0.4) is 0 Å². The topological polar surface area (TPSA) is 25.2 Å². The Balaban J connectivity index is 2.14. The number of hydrogen-bond donors (Lipinski definition) is 1. The van der Waals surface area contributed by atoms with Crippen molar-refractivity contribution in [1.82, 2.24) is 5.32 Å². The van der Waals surface area contributed by atoms with E-state index in [2.05, 4.69) is 5.32 Å². The van der Waals surface area contributed by atoms with Crippen molar-refractivity contribution in [2.24, 2.45) is 0 Å². The Hall–Kier alpha value is -2.27. The van der Waals surface area contributed by atoms with Crippen LogP contribution in [0.4, 0.5) is 13.2 Å². The quantitative estimate of drug-likeness (QED) is 0.784. The van der Waals surface area contributed by atoms with E-state index in [1.807, 2.05) is 0 Å². The lowest BCUT2D eigenvalue weighted by atomic mass is 10.0. The van der Waals surface area contributed by atoms with E-state index in [4.69, 9.17) is 4.42 Å². The molecule has 108 valence electrons. The highest BCUT2D eigenvalue weighted by molar-refractivity contribution is 5.78. The first kappa shape index (κ1) is 13.7. The molecule has 1 aromatic heterocycles. The minimum absolute atomic E-state index is 0.101. The molecule has 21 heavy (non-hydrogen) atoms. The van der Waals surface area contributed by atoms with Gasteiger partial charge in [0.25, 0.3) is 0 Å². The second kappa shape index (κ2) is 5.26. The van der Waals surface area contributed by atoms with Crippen LogP contribution < -0.4 is 5.32 Å². The van der Waals surface area contributed by atoms with Gasteiger partial charge in [-0.15, -0.1) is 0 Å². The molecule has 1 N–H and O–H groups in total. The summed E-state index contributed by atoms with van der Waals surface area (Å²) in [5.41, 5.74) is 0.210. The number of para-hydroxylation sites is 1. The lowest BCUT2D eigenvalue weighted by molar-refractivity contribution is 0.448. The normalized spacial score (nSPS) is 12.8. The molecule has 1 unspecified atom stereocenters. The van der Waals surface area contributed by atoms with Gasteiger partial charge in [-0.2, -0.15) is 0 Å². The summed E-state index contributed by atoms with van der Waals surface area (Å²) in [6.07, 6.45) is 0. The molecule has 0 radical (unpaired) electrons. The molecule has 0 aliphatic carbocycles. The fraction of sp³-hybridized carbons (Fsp3) is 0.125.